The maximum Gasteiger partial charge on any atom is 0.335 e. The first-order chi connectivity index (χ1) is 13.9. The van der Waals surface area contributed by atoms with Gasteiger partial charge >= 0.3 is 11.9 Å². The third kappa shape index (κ3) is 3.71. The molecule has 0 fully saturated rings. The largest absolute Gasteiger partial charge is 0.466 e. The summed E-state index contributed by atoms with van der Waals surface area (Å²) in [5.74, 6) is -1.30. The Balaban J connectivity index is 2.36. The van der Waals surface area contributed by atoms with Gasteiger partial charge in [0.05, 0.1) is 36.9 Å². The highest BCUT2D eigenvalue weighted by Gasteiger charge is 2.38. The maximum absolute atomic E-state index is 12.7. The number of nitrogens with zero attached hydrogens (tertiary/aromatic N) is 3. The normalized spacial score (nSPS) is 17.0. The summed E-state index contributed by atoms with van der Waals surface area (Å²) in [4.78, 5) is 31.5. The van der Waals surface area contributed by atoms with Gasteiger partial charge in [-0.05, 0) is 19.9 Å². The maximum atomic E-state index is 12.7. The Morgan fingerprint density at radius 2 is 2.00 bits per heavy atom. The summed E-state index contributed by atoms with van der Waals surface area (Å²) in [6.07, 6.45) is 1.79. The summed E-state index contributed by atoms with van der Waals surface area (Å²) in [5.41, 5.74) is 2.72. The minimum absolute atomic E-state index is 0.0527. The lowest BCUT2D eigenvalue weighted by molar-refractivity contribution is -0.139. The van der Waals surface area contributed by atoms with Gasteiger partial charge < -0.3 is 9.47 Å². The number of carbonyl (C=O) groups is 2. The number of hydrogen-bond donors (Lipinski definition) is 0. The highest BCUT2D eigenvalue weighted by molar-refractivity contribution is 5.98. The molecule has 2 heterocycles. The molecule has 3 rings (SSSR count). The molecule has 0 N–H and O–H groups in total. The molecule has 2 aromatic rings. The second-order valence-corrected chi connectivity index (χ2v) is 7.07. The van der Waals surface area contributed by atoms with E-state index < -0.39 is 18.0 Å². The molecule has 0 amide bonds. The van der Waals surface area contributed by atoms with Crippen LogP contribution >= 0.6 is 0 Å². The highest BCUT2D eigenvalue weighted by Crippen LogP contribution is 2.40. The Bertz CT molecular complexity index is 1040. The number of carbonyl (C=O) groups excluding carboxylic acids is 2. The molecule has 0 radical (unpaired) electrons. The fourth-order valence-corrected chi connectivity index (χ4v) is 3.86. The molecule has 7 heteroatoms. The van der Waals surface area contributed by atoms with E-state index in [9.17, 15) is 14.9 Å². The van der Waals surface area contributed by atoms with Crippen molar-refractivity contribution in [3.8, 4) is 6.07 Å². The first kappa shape index (κ1) is 20.5. The highest BCUT2D eigenvalue weighted by atomic mass is 16.5. The quantitative estimate of drug-likeness (QED) is 0.582. The standard InChI is InChI=1S/C22H23N3O4/c1-13(2)25-10-9-18-20(16(12-23)14-7-5-6-8-17(14)24-18)21(25)15(22(27)29-4)11-19(26)28-3/h5-8,11,13,21H,9-10H2,1-4H3/b15-11-. The molecule has 0 aliphatic carbocycles. The van der Waals surface area contributed by atoms with Crippen LogP contribution in [0.25, 0.3) is 10.9 Å². The van der Waals surface area contributed by atoms with Gasteiger partial charge in [-0.1, -0.05) is 18.2 Å². The molecule has 0 spiro atoms. The Hall–Kier alpha value is -3.24. The van der Waals surface area contributed by atoms with Gasteiger partial charge in [0.1, 0.15) is 6.07 Å². The SMILES string of the molecule is COC(=O)/C=C(\C(=O)OC)C1c2c(nc3ccccc3c2C#N)CCN1C(C)C. The number of pyridine rings is 1. The zero-order chi connectivity index (χ0) is 21.1. The number of aromatic nitrogens is 1. The second kappa shape index (κ2) is 8.41. The van der Waals surface area contributed by atoms with Crippen LogP contribution in [0.3, 0.4) is 0 Å². The summed E-state index contributed by atoms with van der Waals surface area (Å²) in [6.45, 7) is 4.64. The average Bonchev–Trinajstić information content (AvgIpc) is 2.74. The van der Waals surface area contributed by atoms with Crippen LogP contribution in [-0.4, -0.2) is 48.6 Å². The number of para-hydroxylation sites is 1. The van der Waals surface area contributed by atoms with Gasteiger partial charge in [-0.15, -0.1) is 0 Å². The van der Waals surface area contributed by atoms with E-state index in [-0.39, 0.29) is 11.6 Å². The summed E-state index contributed by atoms with van der Waals surface area (Å²) >= 11 is 0. The number of ether oxygens (including phenoxy) is 2. The van der Waals surface area contributed by atoms with Gasteiger partial charge in [-0.25, -0.2) is 9.59 Å². The lowest BCUT2D eigenvalue weighted by atomic mass is 9.85. The van der Waals surface area contributed by atoms with Gasteiger partial charge in [0.2, 0.25) is 0 Å². The van der Waals surface area contributed by atoms with Crippen LogP contribution in [0.5, 0.6) is 0 Å². The fourth-order valence-electron chi connectivity index (χ4n) is 3.86. The Morgan fingerprint density at radius 3 is 2.62 bits per heavy atom. The first-order valence-corrected chi connectivity index (χ1v) is 9.38. The van der Waals surface area contributed by atoms with Gasteiger partial charge in [-0.3, -0.25) is 9.88 Å². The number of rotatable bonds is 4. The van der Waals surface area contributed by atoms with Gasteiger partial charge in [0, 0.05) is 41.7 Å². The van der Waals surface area contributed by atoms with Crippen LogP contribution in [0, 0.1) is 11.3 Å². The molecule has 0 saturated heterocycles. The van der Waals surface area contributed by atoms with Crippen molar-refractivity contribution >= 4 is 22.8 Å². The zero-order valence-corrected chi connectivity index (χ0v) is 16.9. The minimum Gasteiger partial charge on any atom is -0.466 e. The van der Waals surface area contributed by atoms with Crippen LogP contribution in [-0.2, 0) is 25.5 Å². The van der Waals surface area contributed by atoms with E-state index in [1.165, 1.54) is 14.2 Å². The number of fused-ring (bicyclic) bond motifs is 2. The molecule has 1 aromatic carbocycles. The third-order valence-corrected chi connectivity index (χ3v) is 5.19. The number of nitriles is 1. The van der Waals surface area contributed by atoms with Crippen molar-refractivity contribution in [1.29, 1.82) is 5.26 Å². The van der Waals surface area contributed by atoms with E-state index in [0.717, 1.165) is 17.3 Å². The van der Waals surface area contributed by atoms with Gasteiger partial charge in [-0.2, -0.15) is 5.26 Å². The molecule has 7 nitrogen and oxygen atoms in total. The molecule has 1 aliphatic rings. The molecule has 1 aliphatic heterocycles. The van der Waals surface area contributed by atoms with E-state index in [0.29, 0.717) is 29.5 Å². The molecule has 1 unspecified atom stereocenters. The molecule has 150 valence electrons. The monoisotopic (exact) mass is 393 g/mol. The average molecular weight is 393 g/mol. The van der Waals surface area contributed by atoms with Crippen LogP contribution in [0.2, 0.25) is 0 Å². The van der Waals surface area contributed by atoms with Crippen molar-refractivity contribution < 1.29 is 19.1 Å². The third-order valence-electron chi connectivity index (χ3n) is 5.19. The van der Waals surface area contributed by atoms with Gasteiger partial charge in [0.15, 0.2) is 0 Å². The van der Waals surface area contributed by atoms with E-state index in [2.05, 4.69) is 11.0 Å². The van der Waals surface area contributed by atoms with Crippen molar-refractivity contribution in [3.63, 3.8) is 0 Å². The molecular weight excluding hydrogens is 370 g/mol. The lowest BCUT2D eigenvalue weighted by Crippen LogP contribution is -2.43. The van der Waals surface area contributed by atoms with Crippen molar-refractivity contribution in [1.82, 2.24) is 9.88 Å². The summed E-state index contributed by atoms with van der Waals surface area (Å²) in [7, 11) is 2.51. The summed E-state index contributed by atoms with van der Waals surface area (Å²) in [6, 6.07) is 9.15. The predicted molar refractivity (Wildman–Crippen MR) is 107 cm³/mol. The molecule has 29 heavy (non-hydrogen) atoms. The molecule has 1 aromatic heterocycles. The van der Waals surface area contributed by atoms with E-state index in [1.54, 1.807) is 0 Å². The van der Waals surface area contributed by atoms with Gasteiger partial charge in [0.25, 0.3) is 0 Å². The number of methoxy groups -OCH3 is 2. The number of benzene rings is 1. The zero-order valence-electron chi connectivity index (χ0n) is 16.9. The van der Waals surface area contributed by atoms with E-state index in [4.69, 9.17) is 14.5 Å². The molecule has 0 saturated carbocycles. The first-order valence-electron chi connectivity index (χ1n) is 9.38. The van der Waals surface area contributed by atoms with Crippen molar-refractivity contribution in [2.24, 2.45) is 0 Å². The number of hydrogen-bond acceptors (Lipinski definition) is 7. The Labute approximate surface area is 169 Å². The predicted octanol–water partition coefficient (Wildman–Crippen LogP) is 2.69. The van der Waals surface area contributed by atoms with Crippen LogP contribution in [0.1, 0.15) is 36.7 Å². The summed E-state index contributed by atoms with van der Waals surface area (Å²) in [5, 5.41) is 10.7. The number of esters is 2. The van der Waals surface area contributed by atoms with Crippen molar-refractivity contribution in [3.05, 3.63) is 52.7 Å². The minimum atomic E-state index is -0.659. The van der Waals surface area contributed by atoms with E-state index in [1.807, 2.05) is 38.1 Å². The summed E-state index contributed by atoms with van der Waals surface area (Å²) < 4.78 is 9.72. The van der Waals surface area contributed by atoms with E-state index >= 15 is 0 Å². The smallest absolute Gasteiger partial charge is 0.335 e. The Morgan fingerprint density at radius 1 is 1.28 bits per heavy atom. The molecular formula is C22H23N3O4. The lowest BCUT2D eigenvalue weighted by Gasteiger charge is -2.40. The second-order valence-electron chi connectivity index (χ2n) is 7.07. The van der Waals surface area contributed by atoms with Crippen molar-refractivity contribution in [2.75, 3.05) is 20.8 Å². The van der Waals surface area contributed by atoms with Crippen LogP contribution < -0.4 is 0 Å². The topological polar surface area (TPSA) is 92.5 Å². The Kier molecular flexibility index (Phi) is 5.95. The van der Waals surface area contributed by atoms with Crippen molar-refractivity contribution in [2.45, 2.75) is 32.4 Å². The molecule has 1 atom stereocenters. The fraction of sp³-hybridized carbons (Fsp3) is 0.364. The van der Waals surface area contributed by atoms with Crippen LogP contribution in [0.15, 0.2) is 35.9 Å². The molecule has 0 bridgehead atoms. The van der Waals surface area contributed by atoms with Crippen LogP contribution in [0.4, 0.5) is 0 Å².